The van der Waals surface area contributed by atoms with Crippen molar-refractivity contribution in [1.82, 2.24) is 5.43 Å². The van der Waals surface area contributed by atoms with Gasteiger partial charge in [0.25, 0.3) is 5.91 Å². The lowest BCUT2D eigenvalue weighted by atomic mass is 10.0. The Bertz CT molecular complexity index is 966. The van der Waals surface area contributed by atoms with Crippen LogP contribution in [0.1, 0.15) is 18.1 Å². The molecule has 1 atom stereocenters. The number of aromatic hydroxyl groups is 1. The van der Waals surface area contributed by atoms with Gasteiger partial charge in [-0.2, -0.15) is 5.10 Å². The fraction of sp³-hybridized carbons (Fsp3) is 0.143. The molecule has 0 saturated heterocycles. The maximum Gasteiger partial charge on any atom is 0.262 e. The quantitative estimate of drug-likeness (QED) is 0.485. The molecule has 3 aromatic rings. The van der Waals surface area contributed by atoms with Crippen molar-refractivity contribution in [1.29, 1.82) is 0 Å². The van der Waals surface area contributed by atoms with E-state index in [0.29, 0.717) is 5.56 Å². The van der Waals surface area contributed by atoms with Gasteiger partial charge >= 0.3 is 0 Å². The van der Waals surface area contributed by atoms with E-state index in [1.807, 2.05) is 61.5 Å². The molecule has 0 aliphatic heterocycles. The molecule has 0 saturated carbocycles. The van der Waals surface area contributed by atoms with Crippen molar-refractivity contribution in [2.24, 2.45) is 5.10 Å². The molecule has 0 radical (unpaired) electrons. The summed E-state index contributed by atoms with van der Waals surface area (Å²) in [5, 5.41) is 19.1. The Morgan fingerprint density at radius 3 is 2.73 bits per heavy atom. The first-order chi connectivity index (χ1) is 12.5. The number of phenolic OH excluding ortho intramolecular Hbond substituents is 1. The van der Waals surface area contributed by atoms with Crippen LogP contribution < -0.4 is 10.7 Å². The van der Waals surface area contributed by atoms with Crippen molar-refractivity contribution in [3.63, 3.8) is 0 Å². The van der Waals surface area contributed by atoms with E-state index in [0.717, 1.165) is 22.0 Å². The smallest absolute Gasteiger partial charge is 0.262 e. The molecule has 0 spiro atoms. The van der Waals surface area contributed by atoms with Crippen LogP contribution in [0.25, 0.3) is 10.8 Å². The third-order valence-corrected chi connectivity index (χ3v) is 4.11. The maximum atomic E-state index is 12.2. The van der Waals surface area contributed by atoms with Crippen LogP contribution in [0.5, 0.6) is 5.75 Å². The van der Waals surface area contributed by atoms with Gasteiger partial charge in [0.2, 0.25) is 0 Å². The van der Waals surface area contributed by atoms with Gasteiger partial charge in [-0.15, -0.1) is 0 Å². The van der Waals surface area contributed by atoms with E-state index >= 15 is 0 Å². The average molecular weight is 347 g/mol. The number of nitrogens with one attached hydrogen (secondary N) is 2. The molecule has 0 aliphatic rings. The molecule has 1 amide bonds. The molecule has 0 aromatic heterocycles. The molecule has 3 aromatic carbocycles. The van der Waals surface area contributed by atoms with Gasteiger partial charge < -0.3 is 10.4 Å². The van der Waals surface area contributed by atoms with Crippen LogP contribution in [0.4, 0.5) is 5.69 Å². The van der Waals surface area contributed by atoms with Crippen LogP contribution >= 0.6 is 0 Å². The van der Waals surface area contributed by atoms with Crippen molar-refractivity contribution in [3.05, 3.63) is 71.8 Å². The minimum atomic E-state index is -0.449. The standard InChI is InChI=1S/C21H21N3O2/c1-14-6-5-8-17(12-14)23-15(2)21(26)24-22-13-19-18-9-4-3-7-16(18)10-11-20(19)25/h3-13,15,23,25H,1-2H3,(H,24,26)/t15-/m0/s1. The number of fused-ring (bicyclic) bond motifs is 1. The topological polar surface area (TPSA) is 73.7 Å². The maximum absolute atomic E-state index is 12.2. The van der Waals surface area contributed by atoms with Crippen LogP contribution in [0.3, 0.4) is 0 Å². The molecule has 0 aliphatic carbocycles. The fourth-order valence-corrected chi connectivity index (χ4v) is 2.73. The number of nitrogens with zero attached hydrogens (tertiary/aromatic N) is 1. The highest BCUT2D eigenvalue weighted by Crippen LogP contribution is 2.25. The van der Waals surface area contributed by atoms with Gasteiger partial charge in [-0.3, -0.25) is 4.79 Å². The normalized spacial score (nSPS) is 12.2. The minimum Gasteiger partial charge on any atom is -0.507 e. The summed E-state index contributed by atoms with van der Waals surface area (Å²) in [5.74, 6) is -0.143. The zero-order valence-corrected chi connectivity index (χ0v) is 14.7. The van der Waals surface area contributed by atoms with Gasteiger partial charge in [-0.25, -0.2) is 5.43 Å². The SMILES string of the molecule is Cc1cccc(N[C@@H](C)C(=O)NN=Cc2c(O)ccc3ccccc23)c1. The van der Waals surface area contributed by atoms with Gasteiger partial charge in [0.05, 0.1) is 6.21 Å². The highest BCUT2D eigenvalue weighted by molar-refractivity contribution is 6.02. The molecule has 0 unspecified atom stereocenters. The summed E-state index contributed by atoms with van der Waals surface area (Å²) in [4.78, 5) is 12.2. The van der Waals surface area contributed by atoms with Crippen molar-refractivity contribution >= 4 is 28.6 Å². The minimum absolute atomic E-state index is 0.118. The van der Waals surface area contributed by atoms with Gasteiger partial charge in [-0.1, -0.05) is 42.5 Å². The predicted octanol–water partition coefficient (Wildman–Crippen LogP) is 3.80. The van der Waals surface area contributed by atoms with E-state index in [9.17, 15) is 9.90 Å². The van der Waals surface area contributed by atoms with Crippen molar-refractivity contribution in [2.45, 2.75) is 19.9 Å². The van der Waals surface area contributed by atoms with Crippen LogP contribution in [0.2, 0.25) is 0 Å². The van der Waals surface area contributed by atoms with Crippen LogP contribution in [0.15, 0.2) is 65.8 Å². The Labute approximate surface area is 152 Å². The third-order valence-electron chi connectivity index (χ3n) is 4.11. The molecule has 5 nitrogen and oxygen atoms in total. The molecule has 3 N–H and O–H groups in total. The van der Waals surface area contributed by atoms with E-state index < -0.39 is 6.04 Å². The monoisotopic (exact) mass is 347 g/mol. The first-order valence-corrected chi connectivity index (χ1v) is 8.41. The summed E-state index contributed by atoms with van der Waals surface area (Å²) in [6, 6.07) is 18.5. The summed E-state index contributed by atoms with van der Waals surface area (Å²) < 4.78 is 0. The first kappa shape index (κ1) is 17.5. The third kappa shape index (κ3) is 4.00. The van der Waals surface area contributed by atoms with Gasteiger partial charge in [0.15, 0.2) is 0 Å². The van der Waals surface area contributed by atoms with E-state index in [1.165, 1.54) is 6.21 Å². The number of hydrogen-bond donors (Lipinski definition) is 3. The number of hydrogen-bond acceptors (Lipinski definition) is 4. The molecule has 5 heteroatoms. The van der Waals surface area contributed by atoms with E-state index in [-0.39, 0.29) is 11.7 Å². The van der Waals surface area contributed by atoms with Crippen molar-refractivity contribution in [3.8, 4) is 5.75 Å². The number of aryl methyl sites for hydroxylation is 1. The van der Waals surface area contributed by atoms with Crippen molar-refractivity contribution < 1.29 is 9.90 Å². The van der Waals surface area contributed by atoms with Gasteiger partial charge in [0.1, 0.15) is 11.8 Å². The number of carbonyl (C=O) groups excluding carboxylic acids is 1. The summed E-state index contributed by atoms with van der Waals surface area (Å²) in [6.45, 7) is 3.76. The molecular weight excluding hydrogens is 326 g/mol. The van der Waals surface area contributed by atoms with Gasteiger partial charge in [0, 0.05) is 11.3 Å². The number of phenols is 1. The Morgan fingerprint density at radius 1 is 1.12 bits per heavy atom. The Hall–Kier alpha value is -3.34. The molecule has 132 valence electrons. The Morgan fingerprint density at radius 2 is 1.92 bits per heavy atom. The molecule has 3 rings (SSSR count). The number of hydrazone groups is 1. The van der Waals surface area contributed by atoms with Crippen LogP contribution in [-0.4, -0.2) is 23.3 Å². The second kappa shape index (κ2) is 7.70. The zero-order chi connectivity index (χ0) is 18.5. The van der Waals surface area contributed by atoms with E-state index in [1.54, 1.807) is 13.0 Å². The molecule has 0 heterocycles. The van der Waals surface area contributed by atoms with E-state index in [4.69, 9.17) is 0 Å². The number of anilines is 1. The molecule has 0 fully saturated rings. The second-order valence-electron chi connectivity index (χ2n) is 6.19. The number of rotatable bonds is 5. The Balaban J connectivity index is 1.68. The second-order valence-corrected chi connectivity index (χ2v) is 6.19. The van der Waals surface area contributed by atoms with Crippen molar-refractivity contribution in [2.75, 3.05) is 5.32 Å². The lowest BCUT2D eigenvalue weighted by Gasteiger charge is -2.13. The lowest BCUT2D eigenvalue weighted by molar-refractivity contribution is -0.121. The summed E-state index contributed by atoms with van der Waals surface area (Å²) in [7, 11) is 0. The Kier molecular flexibility index (Phi) is 5.17. The number of benzene rings is 3. The van der Waals surface area contributed by atoms with Crippen LogP contribution in [0, 0.1) is 6.92 Å². The number of carbonyl (C=O) groups is 1. The van der Waals surface area contributed by atoms with E-state index in [2.05, 4.69) is 15.8 Å². The molecule has 26 heavy (non-hydrogen) atoms. The first-order valence-electron chi connectivity index (χ1n) is 8.41. The summed E-state index contributed by atoms with van der Waals surface area (Å²) in [5.41, 5.74) is 5.08. The van der Waals surface area contributed by atoms with Gasteiger partial charge in [-0.05, 0) is 48.4 Å². The van der Waals surface area contributed by atoms with Crippen LogP contribution in [-0.2, 0) is 4.79 Å². The lowest BCUT2D eigenvalue weighted by Crippen LogP contribution is -2.34. The largest absolute Gasteiger partial charge is 0.507 e. The molecule has 0 bridgehead atoms. The summed E-state index contributed by atoms with van der Waals surface area (Å²) >= 11 is 0. The highest BCUT2D eigenvalue weighted by atomic mass is 16.3. The zero-order valence-electron chi connectivity index (χ0n) is 14.7. The summed E-state index contributed by atoms with van der Waals surface area (Å²) in [6.07, 6.45) is 1.47. The predicted molar refractivity (Wildman–Crippen MR) is 106 cm³/mol. The average Bonchev–Trinajstić information content (AvgIpc) is 2.63. The number of amides is 1. The molecular formula is C21H21N3O2. The fourth-order valence-electron chi connectivity index (χ4n) is 2.73. The highest BCUT2D eigenvalue weighted by Gasteiger charge is 2.12.